The average molecular weight is 323 g/mol. The van der Waals surface area contributed by atoms with Gasteiger partial charge in [0.05, 0.1) is 0 Å². The van der Waals surface area contributed by atoms with Gasteiger partial charge in [0.2, 0.25) is 5.95 Å². The van der Waals surface area contributed by atoms with E-state index in [1.54, 1.807) is 0 Å². The van der Waals surface area contributed by atoms with Crippen molar-refractivity contribution in [3.05, 3.63) is 36.4 Å². The van der Waals surface area contributed by atoms with E-state index in [-0.39, 0.29) is 0 Å². The number of hydrogen-bond donors (Lipinski definition) is 2. The zero-order valence-corrected chi connectivity index (χ0v) is 14.4. The molecule has 3 unspecified atom stereocenters. The first-order chi connectivity index (χ1) is 11.7. The quantitative estimate of drug-likeness (QED) is 0.874. The Hall–Kier alpha value is -2.30. The second-order valence-corrected chi connectivity index (χ2v) is 7.25. The Balaban J connectivity index is 1.56. The summed E-state index contributed by atoms with van der Waals surface area (Å²) in [6, 6.07) is 12.7. The first-order valence-corrected chi connectivity index (χ1v) is 8.82. The fourth-order valence-electron chi connectivity index (χ4n) is 4.06. The van der Waals surface area contributed by atoms with Crippen molar-refractivity contribution >= 4 is 23.3 Å². The van der Waals surface area contributed by atoms with Crippen LogP contribution in [-0.4, -0.2) is 30.1 Å². The van der Waals surface area contributed by atoms with Gasteiger partial charge in [-0.15, -0.1) is 0 Å². The lowest BCUT2D eigenvalue weighted by atomic mass is 9.95. The number of rotatable bonds is 5. The summed E-state index contributed by atoms with van der Waals surface area (Å²) in [4.78, 5) is 11.3. The molecular weight excluding hydrogens is 298 g/mol. The fraction of sp³-hybridized carbons (Fsp3) is 0.474. The Labute approximate surface area is 143 Å². The third-order valence-electron chi connectivity index (χ3n) is 5.27. The largest absolute Gasteiger partial charge is 0.367 e. The van der Waals surface area contributed by atoms with E-state index in [1.807, 2.05) is 55.4 Å². The van der Waals surface area contributed by atoms with Crippen molar-refractivity contribution in [1.82, 2.24) is 9.97 Å². The number of aromatic nitrogens is 2. The minimum Gasteiger partial charge on any atom is -0.367 e. The topological polar surface area (TPSA) is 53.1 Å². The zero-order valence-electron chi connectivity index (χ0n) is 14.4. The van der Waals surface area contributed by atoms with Crippen LogP contribution in [0.5, 0.6) is 0 Å². The van der Waals surface area contributed by atoms with E-state index in [9.17, 15) is 0 Å². The number of benzene rings is 1. The molecule has 2 fully saturated rings. The molecule has 0 saturated heterocycles. The van der Waals surface area contributed by atoms with Crippen LogP contribution in [-0.2, 0) is 0 Å². The summed E-state index contributed by atoms with van der Waals surface area (Å²) in [6.07, 6.45) is 5.45. The summed E-state index contributed by atoms with van der Waals surface area (Å²) in [6.45, 7) is 0. The highest BCUT2D eigenvalue weighted by Crippen LogP contribution is 2.45. The van der Waals surface area contributed by atoms with Gasteiger partial charge in [-0.05, 0) is 43.2 Å². The predicted octanol–water partition coefficient (Wildman–Crippen LogP) is 3.89. The lowest BCUT2D eigenvalue weighted by Crippen LogP contribution is -2.26. The lowest BCUT2D eigenvalue weighted by molar-refractivity contribution is 0.439. The highest BCUT2D eigenvalue weighted by molar-refractivity contribution is 5.59. The molecule has 3 atom stereocenters. The molecule has 0 amide bonds. The smallest absolute Gasteiger partial charge is 0.231 e. The van der Waals surface area contributed by atoms with Gasteiger partial charge in [0, 0.05) is 31.9 Å². The van der Waals surface area contributed by atoms with Gasteiger partial charge in [0.15, 0.2) is 0 Å². The maximum atomic E-state index is 4.70. The Morgan fingerprint density at radius 3 is 2.54 bits per heavy atom. The van der Waals surface area contributed by atoms with Crippen molar-refractivity contribution < 1.29 is 0 Å². The molecule has 24 heavy (non-hydrogen) atoms. The van der Waals surface area contributed by atoms with E-state index in [0.29, 0.717) is 12.0 Å². The predicted molar refractivity (Wildman–Crippen MR) is 98.9 cm³/mol. The van der Waals surface area contributed by atoms with E-state index in [1.165, 1.54) is 25.7 Å². The molecule has 2 N–H and O–H groups in total. The van der Waals surface area contributed by atoms with Gasteiger partial charge in [-0.1, -0.05) is 24.6 Å². The monoisotopic (exact) mass is 323 g/mol. The van der Waals surface area contributed by atoms with Gasteiger partial charge in [0.25, 0.3) is 0 Å². The van der Waals surface area contributed by atoms with E-state index < -0.39 is 0 Å². The molecule has 2 saturated carbocycles. The molecule has 2 aromatic rings. The van der Waals surface area contributed by atoms with Gasteiger partial charge < -0.3 is 15.5 Å². The Kier molecular flexibility index (Phi) is 4.00. The maximum absolute atomic E-state index is 4.70. The second-order valence-electron chi connectivity index (χ2n) is 7.25. The zero-order chi connectivity index (χ0) is 16.5. The molecule has 2 aliphatic carbocycles. The standard InChI is InChI=1S/C19H25N5/c1-24(2)18-12-17(21-16-11-13-8-9-14(16)10-13)22-19(23-18)20-15-6-4-3-5-7-15/h3-7,12-14,16H,8-11H2,1-2H3,(H2,20,21,22,23). The van der Waals surface area contributed by atoms with E-state index >= 15 is 0 Å². The Morgan fingerprint density at radius 1 is 1.04 bits per heavy atom. The third-order valence-corrected chi connectivity index (χ3v) is 5.27. The first-order valence-electron chi connectivity index (χ1n) is 8.82. The van der Waals surface area contributed by atoms with Gasteiger partial charge in [0.1, 0.15) is 11.6 Å². The molecule has 126 valence electrons. The van der Waals surface area contributed by atoms with Gasteiger partial charge in [-0.3, -0.25) is 0 Å². The van der Waals surface area contributed by atoms with Crippen LogP contribution < -0.4 is 15.5 Å². The van der Waals surface area contributed by atoms with Crippen LogP contribution in [0.3, 0.4) is 0 Å². The molecule has 5 nitrogen and oxygen atoms in total. The number of nitrogens with zero attached hydrogens (tertiary/aromatic N) is 3. The second kappa shape index (κ2) is 6.30. The lowest BCUT2D eigenvalue weighted by Gasteiger charge is -2.24. The molecule has 5 heteroatoms. The first kappa shape index (κ1) is 15.2. The normalized spacial score (nSPS) is 24.8. The van der Waals surface area contributed by atoms with Crippen LogP contribution >= 0.6 is 0 Å². The van der Waals surface area contributed by atoms with Crippen LogP contribution in [0, 0.1) is 11.8 Å². The summed E-state index contributed by atoms with van der Waals surface area (Å²) in [7, 11) is 4.02. The molecule has 0 radical (unpaired) electrons. The van der Waals surface area contributed by atoms with Crippen LogP contribution in [0.25, 0.3) is 0 Å². The highest BCUT2D eigenvalue weighted by Gasteiger charge is 2.39. The molecule has 0 spiro atoms. The van der Waals surface area contributed by atoms with Crippen molar-refractivity contribution in [2.24, 2.45) is 11.8 Å². The molecule has 0 aliphatic heterocycles. The van der Waals surface area contributed by atoms with Crippen LogP contribution in [0.15, 0.2) is 36.4 Å². The summed E-state index contributed by atoms with van der Waals surface area (Å²) in [5.41, 5.74) is 0.999. The van der Waals surface area contributed by atoms with Crippen molar-refractivity contribution in [1.29, 1.82) is 0 Å². The molecule has 2 aliphatic rings. The molecule has 1 aromatic heterocycles. The van der Waals surface area contributed by atoms with E-state index in [2.05, 4.69) is 15.6 Å². The van der Waals surface area contributed by atoms with E-state index in [4.69, 9.17) is 4.98 Å². The van der Waals surface area contributed by atoms with Crippen LogP contribution in [0.2, 0.25) is 0 Å². The minimum absolute atomic E-state index is 0.568. The SMILES string of the molecule is CN(C)c1cc(NC2CC3CCC2C3)nc(Nc2ccccc2)n1. The fourth-order valence-corrected chi connectivity index (χ4v) is 4.06. The molecule has 1 aromatic carbocycles. The van der Waals surface area contributed by atoms with E-state index in [0.717, 1.165) is 29.2 Å². The Morgan fingerprint density at radius 2 is 1.88 bits per heavy atom. The van der Waals surface area contributed by atoms with Gasteiger partial charge in [-0.2, -0.15) is 9.97 Å². The molecular formula is C19H25N5. The van der Waals surface area contributed by atoms with Crippen molar-refractivity contribution in [3.8, 4) is 0 Å². The summed E-state index contributed by atoms with van der Waals surface area (Å²) < 4.78 is 0. The number of nitrogens with one attached hydrogen (secondary N) is 2. The molecule has 4 rings (SSSR count). The Bertz CT molecular complexity index is 700. The minimum atomic E-state index is 0.568. The summed E-state index contributed by atoms with van der Waals surface area (Å²) in [5, 5.41) is 6.99. The number of para-hydroxylation sites is 1. The number of hydrogen-bond acceptors (Lipinski definition) is 5. The van der Waals surface area contributed by atoms with Crippen LogP contribution in [0.4, 0.5) is 23.3 Å². The molecule has 1 heterocycles. The van der Waals surface area contributed by atoms with Gasteiger partial charge >= 0.3 is 0 Å². The van der Waals surface area contributed by atoms with Crippen molar-refractivity contribution in [2.45, 2.75) is 31.7 Å². The van der Waals surface area contributed by atoms with Crippen LogP contribution in [0.1, 0.15) is 25.7 Å². The maximum Gasteiger partial charge on any atom is 0.231 e. The highest BCUT2D eigenvalue weighted by atomic mass is 15.2. The van der Waals surface area contributed by atoms with Crippen molar-refractivity contribution in [2.75, 3.05) is 29.6 Å². The summed E-state index contributed by atoms with van der Waals surface area (Å²) in [5.74, 6) is 4.21. The van der Waals surface area contributed by atoms with Crippen molar-refractivity contribution in [3.63, 3.8) is 0 Å². The average Bonchev–Trinajstić information content (AvgIpc) is 3.18. The number of fused-ring (bicyclic) bond motifs is 2. The summed E-state index contributed by atoms with van der Waals surface area (Å²) >= 11 is 0. The number of anilines is 4. The third kappa shape index (κ3) is 3.16. The van der Waals surface area contributed by atoms with Gasteiger partial charge in [-0.25, -0.2) is 0 Å². The molecule has 2 bridgehead atoms.